The van der Waals surface area contributed by atoms with Gasteiger partial charge in [0.2, 0.25) is 0 Å². The Morgan fingerprint density at radius 1 is 1.30 bits per heavy atom. The van der Waals surface area contributed by atoms with E-state index in [4.69, 9.17) is 5.11 Å². The lowest BCUT2D eigenvalue weighted by Crippen LogP contribution is -2.48. The summed E-state index contributed by atoms with van der Waals surface area (Å²) in [6, 6.07) is 10.3. The van der Waals surface area contributed by atoms with Crippen LogP contribution in [0.2, 0.25) is 0 Å². The van der Waals surface area contributed by atoms with Crippen LogP contribution in [-0.4, -0.2) is 30.8 Å². The molecule has 1 unspecified atom stereocenters. The molecular weight excluding hydrogens is 252 g/mol. The van der Waals surface area contributed by atoms with Gasteiger partial charge in [-0.05, 0) is 24.3 Å². The second-order valence-corrected chi connectivity index (χ2v) is 5.85. The van der Waals surface area contributed by atoms with Crippen molar-refractivity contribution >= 4 is 6.03 Å². The molecule has 20 heavy (non-hydrogen) atoms. The lowest BCUT2D eigenvalue weighted by molar-refractivity contribution is 0.208. The fourth-order valence-corrected chi connectivity index (χ4v) is 2.61. The molecule has 0 bridgehead atoms. The number of carbonyl (C=O) groups is 1. The maximum Gasteiger partial charge on any atom is 0.314 e. The highest BCUT2D eigenvalue weighted by Crippen LogP contribution is 2.43. The number of rotatable bonds is 6. The summed E-state index contributed by atoms with van der Waals surface area (Å²) in [5.74, 6) is 0.0903. The van der Waals surface area contributed by atoms with Crippen LogP contribution in [0.5, 0.6) is 0 Å². The number of carbonyl (C=O) groups excluding carboxylic acids is 1. The predicted molar refractivity (Wildman–Crippen MR) is 79.6 cm³/mol. The van der Waals surface area contributed by atoms with Crippen LogP contribution in [0.15, 0.2) is 30.3 Å². The van der Waals surface area contributed by atoms with Gasteiger partial charge >= 0.3 is 6.03 Å². The third-order valence-corrected chi connectivity index (χ3v) is 4.21. The molecule has 0 radical (unpaired) electrons. The van der Waals surface area contributed by atoms with E-state index in [1.807, 2.05) is 13.0 Å². The van der Waals surface area contributed by atoms with Crippen molar-refractivity contribution in [3.8, 4) is 0 Å². The van der Waals surface area contributed by atoms with Gasteiger partial charge in [0.15, 0.2) is 0 Å². The van der Waals surface area contributed by atoms with Gasteiger partial charge in [0.25, 0.3) is 0 Å². The topological polar surface area (TPSA) is 61.4 Å². The average Bonchev–Trinajstić information content (AvgIpc) is 2.44. The minimum absolute atomic E-state index is 0.0903. The van der Waals surface area contributed by atoms with Crippen LogP contribution in [0.3, 0.4) is 0 Å². The van der Waals surface area contributed by atoms with Crippen molar-refractivity contribution in [2.75, 3.05) is 19.7 Å². The summed E-state index contributed by atoms with van der Waals surface area (Å²) >= 11 is 0. The zero-order chi connectivity index (χ0) is 14.4. The van der Waals surface area contributed by atoms with E-state index >= 15 is 0 Å². The number of aliphatic hydroxyl groups is 1. The SMILES string of the molecule is CC(CO)CNC(=O)NCC1(c2ccccc2)CCC1. The van der Waals surface area contributed by atoms with E-state index in [0.29, 0.717) is 13.1 Å². The summed E-state index contributed by atoms with van der Waals surface area (Å²) in [7, 11) is 0. The van der Waals surface area contributed by atoms with E-state index in [0.717, 1.165) is 12.8 Å². The Balaban J connectivity index is 1.84. The van der Waals surface area contributed by atoms with Crippen LogP contribution in [0.25, 0.3) is 0 Å². The smallest absolute Gasteiger partial charge is 0.314 e. The Morgan fingerprint density at radius 3 is 2.55 bits per heavy atom. The van der Waals surface area contributed by atoms with Gasteiger partial charge in [0.1, 0.15) is 0 Å². The third kappa shape index (κ3) is 3.51. The highest BCUT2D eigenvalue weighted by molar-refractivity contribution is 5.74. The van der Waals surface area contributed by atoms with Gasteiger partial charge in [0.05, 0.1) is 0 Å². The predicted octanol–water partition coefficient (Wildman–Crippen LogP) is 2.04. The molecule has 1 atom stereocenters. The molecule has 1 saturated carbocycles. The second-order valence-electron chi connectivity index (χ2n) is 5.85. The van der Waals surface area contributed by atoms with Gasteiger partial charge in [-0.2, -0.15) is 0 Å². The van der Waals surface area contributed by atoms with Gasteiger partial charge in [-0.15, -0.1) is 0 Å². The minimum atomic E-state index is -0.146. The fraction of sp³-hybridized carbons (Fsp3) is 0.562. The number of amides is 2. The van der Waals surface area contributed by atoms with Crippen LogP contribution >= 0.6 is 0 Å². The van der Waals surface area contributed by atoms with E-state index in [-0.39, 0.29) is 24.0 Å². The van der Waals surface area contributed by atoms with Gasteiger partial charge in [-0.3, -0.25) is 0 Å². The summed E-state index contributed by atoms with van der Waals surface area (Å²) in [5.41, 5.74) is 1.43. The molecule has 4 nitrogen and oxygen atoms in total. The zero-order valence-corrected chi connectivity index (χ0v) is 12.1. The first-order valence-corrected chi connectivity index (χ1v) is 7.34. The van der Waals surface area contributed by atoms with Gasteiger partial charge < -0.3 is 15.7 Å². The van der Waals surface area contributed by atoms with E-state index in [9.17, 15) is 4.79 Å². The molecule has 2 amide bonds. The molecule has 1 aliphatic rings. The van der Waals surface area contributed by atoms with E-state index in [1.54, 1.807) is 0 Å². The summed E-state index contributed by atoms with van der Waals surface area (Å²) in [6.07, 6.45) is 3.48. The van der Waals surface area contributed by atoms with Gasteiger partial charge in [0, 0.05) is 25.1 Å². The molecule has 3 N–H and O–H groups in total. The number of benzene rings is 1. The van der Waals surface area contributed by atoms with Crippen LogP contribution in [0, 0.1) is 5.92 Å². The fourth-order valence-electron chi connectivity index (χ4n) is 2.61. The lowest BCUT2D eigenvalue weighted by atomic mass is 9.64. The summed E-state index contributed by atoms with van der Waals surface area (Å²) in [5, 5.41) is 14.7. The quantitative estimate of drug-likeness (QED) is 0.744. The molecule has 1 aromatic rings. The van der Waals surface area contributed by atoms with Crippen molar-refractivity contribution in [3.63, 3.8) is 0 Å². The molecule has 0 aliphatic heterocycles. The summed E-state index contributed by atoms with van der Waals surface area (Å²) < 4.78 is 0. The standard InChI is InChI=1S/C16H24N2O2/c1-13(11-19)10-17-15(20)18-12-16(8-5-9-16)14-6-3-2-4-7-14/h2-4,6-7,13,19H,5,8-12H2,1H3,(H2,17,18,20). The normalized spacial score (nSPS) is 17.9. The molecular formula is C16H24N2O2. The zero-order valence-electron chi connectivity index (χ0n) is 12.1. The summed E-state index contributed by atoms with van der Waals surface area (Å²) in [6.45, 7) is 3.17. The number of nitrogens with one attached hydrogen (secondary N) is 2. The second kappa shape index (κ2) is 6.75. The molecule has 0 saturated heterocycles. The van der Waals surface area contributed by atoms with Crippen molar-refractivity contribution < 1.29 is 9.90 Å². The Labute approximate surface area is 120 Å². The Morgan fingerprint density at radius 2 is 2.00 bits per heavy atom. The van der Waals surface area contributed by atoms with Crippen molar-refractivity contribution in [2.45, 2.75) is 31.6 Å². The first-order chi connectivity index (χ1) is 9.66. The van der Waals surface area contributed by atoms with Gasteiger partial charge in [-0.25, -0.2) is 4.79 Å². The van der Waals surface area contributed by atoms with Crippen LogP contribution in [0.1, 0.15) is 31.7 Å². The molecule has 0 heterocycles. The van der Waals surface area contributed by atoms with E-state index < -0.39 is 0 Å². The summed E-state index contributed by atoms with van der Waals surface area (Å²) in [4.78, 5) is 11.8. The molecule has 0 aromatic heterocycles. The highest BCUT2D eigenvalue weighted by atomic mass is 16.3. The Hall–Kier alpha value is -1.55. The Bertz CT molecular complexity index is 429. The number of urea groups is 1. The minimum Gasteiger partial charge on any atom is -0.396 e. The molecule has 0 spiro atoms. The molecule has 110 valence electrons. The Kier molecular flexibility index (Phi) is 5.01. The van der Waals surface area contributed by atoms with Crippen molar-refractivity contribution in [1.29, 1.82) is 0 Å². The maximum absolute atomic E-state index is 11.8. The molecule has 1 aliphatic carbocycles. The molecule has 1 fully saturated rings. The first kappa shape index (κ1) is 14.9. The van der Waals surface area contributed by atoms with Crippen LogP contribution in [0.4, 0.5) is 4.79 Å². The van der Waals surface area contributed by atoms with Crippen molar-refractivity contribution in [2.24, 2.45) is 5.92 Å². The van der Waals surface area contributed by atoms with Crippen LogP contribution < -0.4 is 10.6 Å². The molecule has 2 rings (SSSR count). The number of hydrogen-bond donors (Lipinski definition) is 3. The van der Waals surface area contributed by atoms with E-state index in [1.165, 1.54) is 12.0 Å². The monoisotopic (exact) mass is 276 g/mol. The molecule has 1 aromatic carbocycles. The average molecular weight is 276 g/mol. The maximum atomic E-state index is 11.8. The van der Waals surface area contributed by atoms with E-state index in [2.05, 4.69) is 34.9 Å². The van der Waals surface area contributed by atoms with Crippen molar-refractivity contribution in [1.82, 2.24) is 10.6 Å². The number of hydrogen-bond acceptors (Lipinski definition) is 2. The first-order valence-electron chi connectivity index (χ1n) is 7.34. The number of aliphatic hydroxyl groups excluding tert-OH is 1. The lowest BCUT2D eigenvalue weighted by Gasteiger charge is -2.42. The van der Waals surface area contributed by atoms with Crippen LogP contribution in [-0.2, 0) is 5.41 Å². The van der Waals surface area contributed by atoms with Crippen molar-refractivity contribution in [3.05, 3.63) is 35.9 Å². The highest BCUT2D eigenvalue weighted by Gasteiger charge is 2.38. The third-order valence-electron chi connectivity index (χ3n) is 4.21. The molecule has 4 heteroatoms. The van der Waals surface area contributed by atoms with Gasteiger partial charge in [-0.1, -0.05) is 43.7 Å². The largest absolute Gasteiger partial charge is 0.396 e.